The first-order valence-electron chi connectivity index (χ1n) is 35.3. The standard InChI is InChI=1S/C76H103N15O12S3/c1-40-43(4)65(46(7)55-37-74(10,11)101-62(40)55)104(95,96)89-58(19-16-34-83-71(77)78)68(92)86-52-28-22-49(23-29-52)61(50-24-30-53(31-25-50)87-69(93)59(20-17-35-84-72(79)80)90-105(97,98)66-44(5)41(2)63-56(47(66)8)38-75(12,13)102-63)51-26-32-54(33-27-51)88-70(94)60(21-18-36-85-73(81)82)91-106(99,100)67-45(6)42(3)64-57(48(67)9)39-76(14,15)103-64/h22-33,58-61,89-91H,16-21,34-39H2,1-15H3,(H,86,92)(H,87,93)(H,88,94)(H4,77,78,83)(H4,79,80,84)(H4,81,82,85)/t58-,59-,60-/m1/s1. The molecule has 0 radical (unpaired) electrons. The molecule has 3 atom stereocenters. The second-order valence-corrected chi connectivity index (χ2v) is 34.7. The van der Waals surface area contributed by atoms with Crippen molar-refractivity contribution < 1.29 is 53.8 Å². The van der Waals surface area contributed by atoms with Crippen LogP contribution in [-0.4, -0.2) is 115 Å². The molecule has 0 spiro atoms. The van der Waals surface area contributed by atoms with E-state index in [4.69, 9.17) is 48.6 Å². The first kappa shape index (κ1) is 80.8. The Hall–Kier alpha value is -9.33. The molecule has 6 aromatic carbocycles. The Balaban J connectivity index is 1.03. The molecule has 0 saturated carbocycles. The number of nitrogens with zero attached hydrogens (tertiary/aromatic N) is 3. The number of amides is 3. The Morgan fingerprint density at radius 3 is 0.821 bits per heavy atom. The summed E-state index contributed by atoms with van der Waals surface area (Å²) in [4.78, 5) is 56.1. The average Bonchev–Trinajstić information content (AvgIpc) is 1.51. The molecular weight excluding hydrogens is 1410 g/mol. The maximum absolute atomic E-state index is 14.7. The smallest absolute Gasteiger partial charge is 0.242 e. The molecule has 27 nitrogen and oxygen atoms in total. The van der Waals surface area contributed by atoms with Gasteiger partial charge in [0.25, 0.3) is 0 Å². The fourth-order valence-electron chi connectivity index (χ4n) is 14.5. The van der Waals surface area contributed by atoms with Gasteiger partial charge in [0.2, 0.25) is 47.8 Å². The van der Waals surface area contributed by atoms with Crippen molar-refractivity contribution >= 4 is 82.7 Å². The Bertz CT molecular complexity index is 4370. The molecule has 0 saturated heterocycles. The number of rotatable bonds is 30. The van der Waals surface area contributed by atoms with E-state index in [1.165, 1.54) is 0 Å². The van der Waals surface area contributed by atoms with E-state index >= 15 is 0 Å². The summed E-state index contributed by atoms with van der Waals surface area (Å²) < 4.78 is 115. The first-order chi connectivity index (χ1) is 49.4. The molecule has 572 valence electrons. The van der Waals surface area contributed by atoms with Crippen LogP contribution in [0.4, 0.5) is 17.1 Å². The minimum atomic E-state index is -4.35. The highest BCUT2D eigenvalue weighted by Crippen LogP contribution is 2.47. The lowest BCUT2D eigenvalue weighted by atomic mass is 9.85. The molecule has 30 heteroatoms. The minimum absolute atomic E-state index is 0.0186. The van der Waals surface area contributed by atoms with E-state index < -0.39 is 88.6 Å². The van der Waals surface area contributed by atoms with Crippen LogP contribution >= 0.6 is 0 Å². The molecule has 3 heterocycles. The molecule has 0 aromatic heterocycles. The summed E-state index contributed by atoms with van der Waals surface area (Å²) >= 11 is 0. The maximum Gasteiger partial charge on any atom is 0.242 e. The third-order valence-electron chi connectivity index (χ3n) is 19.9. The quantitative estimate of drug-likeness (QED) is 0.00885. The van der Waals surface area contributed by atoms with Crippen LogP contribution in [0.25, 0.3) is 0 Å². The summed E-state index contributed by atoms with van der Waals surface area (Å²) in [6.45, 7) is 27.9. The van der Waals surface area contributed by atoms with Crippen molar-refractivity contribution in [3.8, 4) is 17.2 Å². The molecular formula is C76H103N15O12S3. The average molecular weight is 1510 g/mol. The summed E-state index contributed by atoms with van der Waals surface area (Å²) in [5, 5.41) is 8.76. The van der Waals surface area contributed by atoms with Gasteiger partial charge in [0.15, 0.2) is 17.9 Å². The second kappa shape index (κ2) is 31.6. The number of sulfonamides is 3. The molecule has 0 fully saturated rings. The largest absolute Gasteiger partial charge is 0.487 e. The maximum atomic E-state index is 14.7. The van der Waals surface area contributed by atoms with Crippen LogP contribution in [0.3, 0.4) is 0 Å². The highest BCUT2D eigenvalue weighted by Gasteiger charge is 2.42. The van der Waals surface area contributed by atoms with E-state index in [-0.39, 0.29) is 90.7 Å². The normalized spacial score (nSPS) is 15.5. The van der Waals surface area contributed by atoms with Crippen LogP contribution in [0.1, 0.15) is 169 Å². The molecule has 3 amide bonds. The number of carbonyl (C=O) groups is 3. The Morgan fingerprint density at radius 2 is 0.604 bits per heavy atom. The molecule has 0 bridgehead atoms. The van der Waals surface area contributed by atoms with Crippen molar-refractivity contribution in [1.29, 1.82) is 0 Å². The zero-order valence-electron chi connectivity index (χ0n) is 63.2. The summed E-state index contributed by atoms with van der Waals surface area (Å²) in [6.07, 6.45) is 2.23. The van der Waals surface area contributed by atoms with Gasteiger partial charge in [-0.25, -0.2) is 25.3 Å². The SMILES string of the molecule is Cc1c(C)c(S(=O)(=O)N[C@H](CCCN=C(N)N)C(=O)Nc2ccc(C(c3ccc(NC(=O)[C@@H](CCCN=C(N)N)NS(=O)(=O)c4c(C)c(C)c5c(c4C)CC(C)(C)O5)cc3)c3ccc(NC(=O)[C@@H](CCCN=C(N)N)NS(=O)(=O)c4c(C)c(C)c5c(c4C)CC(C)(C)O5)cc3)cc2)c(C)c2c1OC(C)(C)C2. The number of fused-ring (bicyclic) bond motifs is 3. The minimum Gasteiger partial charge on any atom is -0.487 e. The summed E-state index contributed by atoms with van der Waals surface area (Å²) in [5.74, 6) is -1.06. The Kier molecular flexibility index (Phi) is 24.1. The number of guanidine groups is 3. The molecule has 9 rings (SSSR count). The van der Waals surface area contributed by atoms with Crippen LogP contribution in [0, 0.1) is 62.3 Å². The third kappa shape index (κ3) is 18.4. The number of hydrogen-bond acceptors (Lipinski definition) is 15. The van der Waals surface area contributed by atoms with Crippen molar-refractivity contribution in [2.24, 2.45) is 49.4 Å². The number of hydrogen-bond donors (Lipinski definition) is 12. The van der Waals surface area contributed by atoms with E-state index in [9.17, 15) is 39.6 Å². The van der Waals surface area contributed by atoms with Crippen molar-refractivity contribution in [2.75, 3.05) is 35.6 Å². The van der Waals surface area contributed by atoms with Gasteiger partial charge in [0, 0.05) is 78.6 Å². The molecule has 0 unspecified atom stereocenters. The number of nitrogens with one attached hydrogen (secondary N) is 6. The fraction of sp³-hybridized carbons (Fsp3) is 0.447. The van der Waals surface area contributed by atoms with Gasteiger partial charge in [-0.15, -0.1) is 0 Å². The van der Waals surface area contributed by atoms with Crippen LogP contribution in [0.2, 0.25) is 0 Å². The first-order valence-corrected chi connectivity index (χ1v) is 39.8. The lowest BCUT2D eigenvalue weighted by Gasteiger charge is -2.23. The third-order valence-corrected chi connectivity index (χ3v) is 25.1. The van der Waals surface area contributed by atoms with E-state index in [0.717, 1.165) is 16.7 Å². The number of anilines is 3. The number of nitrogens with two attached hydrogens (primary N) is 6. The predicted molar refractivity (Wildman–Crippen MR) is 415 cm³/mol. The zero-order valence-corrected chi connectivity index (χ0v) is 65.6. The lowest BCUT2D eigenvalue weighted by molar-refractivity contribution is -0.118. The van der Waals surface area contributed by atoms with Gasteiger partial charge in [0.05, 0.1) is 14.7 Å². The Labute approximate surface area is 622 Å². The number of ether oxygens (including phenoxy) is 3. The summed E-state index contributed by atoms with van der Waals surface area (Å²) in [6, 6.07) is 17.0. The molecule has 0 aliphatic carbocycles. The van der Waals surface area contributed by atoms with Gasteiger partial charge in [0.1, 0.15) is 52.2 Å². The molecule has 18 N–H and O–H groups in total. The fourth-order valence-corrected chi connectivity index (χ4v) is 19.9. The highest BCUT2D eigenvalue weighted by molar-refractivity contribution is 7.90. The predicted octanol–water partition coefficient (Wildman–Crippen LogP) is 7.80. The van der Waals surface area contributed by atoms with Crippen LogP contribution in [0.15, 0.2) is 102 Å². The van der Waals surface area contributed by atoms with Crippen molar-refractivity contribution in [1.82, 2.24) is 14.2 Å². The van der Waals surface area contributed by atoms with Gasteiger partial charge in [-0.2, -0.15) is 14.2 Å². The molecule has 106 heavy (non-hydrogen) atoms. The van der Waals surface area contributed by atoms with Crippen molar-refractivity contribution in [2.45, 2.75) is 217 Å². The van der Waals surface area contributed by atoms with Gasteiger partial charge < -0.3 is 64.6 Å². The topological polar surface area (TPSA) is 447 Å². The van der Waals surface area contributed by atoms with E-state index in [1.807, 2.05) is 62.3 Å². The number of aliphatic imine (C=N–C) groups is 3. The number of carbonyl (C=O) groups excluding carboxylic acids is 3. The lowest BCUT2D eigenvalue weighted by Crippen LogP contribution is -2.44. The van der Waals surface area contributed by atoms with Crippen LogP contribution in [-0.2, 0) is 63.7 Å². The van der Waals surface area contributed by atoms with E-state index in [0.29, 0.717) is 120 Å². The van der Waals surface area contributed by atoms with Gasteiger partial charge >= 0.3 is 0 Å². The van der Waals surface area contributed by atoms with Gasteiger partial charge in [-0.3, -0.25) is 29.4 Å². The van der Waals surface area contributed by atoms with Crippen molar-refractivity contribution in [3.05, 3.63) is 156 Å². The monoisotopic (exact) mass is 1510 g/mol. The number of benzene rings is 6. The summed E-state index contributed by atoms with van der Waals surface area (Å²) in [5.41, 5.74) is 42.7. The van der Waals surface area contributed by atoms with Crippen LogP contribution < -0.4 is 78.7 Å². The van der Waals surface area contributed by atoms with Crippen molar-refractivity contribution in [3.63, 3.8) is 0 Å². The summed E-state index contributed by atoms with van der Waals surface area (Å²) in [7, 11) is -13.1. The molecule has 3 aliphatic rings. The van der Waals surface area contributed by atoms with E-state index in [1.54, 1.807) is 114 Å². The van der Waals surface area contributed by atoms with Gasteiger partial charge in [-0.05, 0) is 246 Å². The van der Waals surface area contributed by atoms with E-state index in [2.05, 4.69) is 45.1 Å². The van der Waals surface area contributed by atoms with Gasteiger partial charge in [-0.1, -0.05) is 36.4 Å². The molecule has 3 aliphatic heterocycles. The molecule has 6 aromatic rings. The second-order valence-electron chi connectivity index (χ2n) is 29.8. The highest BCUT2D eigenvalue weighted by atomic mass is 32.2. The Morgan fingerprint density at radius 1 is 0.377 bits per heavy atom. The van der Waals surface area contributed by atoms with Crippen LogP contribution in [0.5, 0.6) is 17.2 Å². The zero-order chi connectivity index (χ0) is 78.1.